The largest absolute Gasteiger partial charge is 0.462 e. The summed E-state index contributed by atoms with van der Waals surface area (Å²) in [7, 11) is 0. The monoisotopic (exact) mass is 303 g/mol. The van der Waals surface area contributed by atoms with Crippen molar-refractivity contribution < 1.29 is 22.7 Å². The second-order valence-electron chi connectivity index (χ2n) is 3.74. The van der Waals surface area contributed by atoms with Crippen LogP contribution >= 0.6 is 11.8 Å². The molecule has 0 radical (unpaired) electrons. The summed E-state index contributed by atoms with van der Waals surface area (Å²) in [5.41, 5.74) is -4.11. The first-order valence-electron chi connectivity index (χ1n) is 5.82. The van der Waals surface area contributed by atoms with Crippen LogP contribution in [0.2, 0.25) is 0 Å². The molecule has 7 heteroatoms. The lowest BCUT2D eigenvalue weighted by Gasteiger charge is -2.12. The lowest BCUT2D eigenvalue weighted by Crippen LogP contribution is -2.09. The highest BCUT2D eigenvalue weighted by Crippen LogP contribution is 2.39. The van der Waals surface area contributed by atoms with Gasteiger partial charge in [-0.05, 0) is 42.8 Å². The van der Waals surface area contributed by atoms with Gasteiger partial charge in [-0.25, -0.2) is 4.79 Å². The molecule has 0 aliphatic carbocycles. The molecule has 0 unspecified atom stereocenters. The number of nitrogens with zero attached hydrogens (tertiary/aromatic N) is 1. The van der Waals surface area contributed by atoms with Gasteiger partial charge in [0.2, 0.25) is 0 Å². The number of ether oxygens (including phenoxy) is 1. The van der Waals surface area contributed by atoms with Crippen LogP contribution in [0.4, 0.5) is 13.2 Å². The number of hydrogen-bond donors (Lipinski definition) is 0. The van der Waals surface area contributed by atoms with Crippen molar-refractivity contribution in [1.29, 1.82) is 5.26 Å². The number of thioether (sulfide) groups is 1. The van der Waals surface area contributed by atoms with Gasteiger partial charge in [-0.1, -0.05) is 6.92 Å². The molecule has 0 aliphatic heterocycles. The van der Waals surface area contributed by atoms with Gasteiger partial charge in [0.25, 0.3) is 0 Å². The zero-order valence-electron chi connectivity index (χ0n) is 10.9. The smallest absolute Gasteiger partial charge is 0.446 e. The van der Waals surface area contributed by atoms with E-state index in [1.165, 1.54) is 6.07 Å². The van der Waals surface area contributed by atoms with Gasteiger partial charge >= 0.3 is 11.5 Å². The molecule has 1 aromatic rings. The predicted molar refractivity (Wildman–Crippen MR) is 68.4 cm³/mol. The summed E-state index contributed by atoms with van der Waals surface area (Å²) in [6.07, 6.45) is 0.366. The first-order chi connectivity index (χ1) is 9.32. The van der Waals surface area contributed by atoms with Crippen LogP contribution in [-0.2, 0) is 11.2 Å². The second-order valence-corrected chi connectivity index (χ2v) is 4.85. The quantitative estimate of drug-likeness (QED) is 0.625. The average Bonchev–Trinajstić information content (AvgIpc) is 2.36. The van der Waals surface area contributed by atoms with E-state index in [0.29, 0.717) is 12.0 Å². The van der Waals surface area contributed by atoms with E-state index in [1.807, 2.05) is 0 Å². The fourth-order valence-corrected chi connectivity index (χ4v) is 2.27. The van der Waals surface area contributed by atoms with Gasteiger partial charge in [0.15, 0.2) is 0 Å². The SMILES string of the molecule is CCOC(=O)c1cc(C#N)c(SC(F)(F)F)cc1CC. The lowest BCUT2D eigenvalue weighted by molar-refractivity contribution is -0.0328. The molecule has 1 aromatic carbocycles. The first-order valence-corrected chi connectivity index (χ1v) is 6.63. The Morgan fingerprint density at radius 2 is 2.05 bits per heavy atom. The summed E-state index contributed by atoms with van der Waals surface area (Å²) in [6, 6.07) is 4.06. The summed E-state index contributed by atoms with van der Waals surface area (Å²) in [5, 5.41) is 8.93. The van der Waals surface area contributed by atoms with Crippen LogP contribution in [0.5, 0.6) is 0 Å². The second kappa shape index (κ2) is 6.66. The maximum atomic E-state index is 12.4. The van der Waals surface area contributed by atoms with Crippen molar-refractivity contribution in [2.45, 2.75) is 30.7 Å². The summed E-state index contributed by atoms with van der Waals surface area (Å²) >= 11 is -0.359. The average molecular weight is 303 g/mol. The molecule has 0 aliphatic rings. The number of nitriles is 1. The Morgan fingerprint density at radius 3 is 2.50 bits per heavy atom. The van der Waals surface area contributed by atoms with Gasteiger partial charge in [-0.15, -0.1) is 0 Å². The number of alkyl halides is 3. The summed E-state index contributed by atoms with van der Waals surface area (Å²) < 4.78 is 42.1. The molecule has 0 amide bonds. The third kappa shape index (κ3) is 4.17. The van der Waals surface area contributed by atoms with Crippen LogP contribution in [0.1, 0.15) is 35.3 Å². The highest BCUT2D eigenvalue weighted by molar-refractivity contribution is 8.00. The number of carbonyl (C=O) groups excluding carboxylic acids is 1. The molecule has 0 atom stereocenters. The molecule has 3 nitrogen and oxygen atoms in total. The fraction of sp³-hybridized carbons (Fsp3) is 0.385. The van der Waals surface area contributed by atoms with Crippen molar-refractivity contribution in [3.8, 4) is 6.07 Å². The molecule has 0 saturated heterocycles. The van der Waals surface area contributed by atoms with Crippen molar-refractivity contribution in [3.63, 3.8) is 0 Å². The van der Waals surface area contributed by atoms with E-state index in [9.17, 15) is 18.0 Å². The molecular formula is C13H12F3NO2S. The van der Waals surface area contributed by atoms with E-state index in [-0.39, 0.29) is 34.4 Å². The number of aryl methyl sites for hydroxylation is 1. The number of hydrogen-bond acceptors (Lipinski definition) is 4. The molecule has 108 valence electrons. The van der Waals surface area contributed by atoms with Gasteiger partial charge in [0, 0.05) is 4.90 Å². The number of carbonyl (C=O) groups is 1. The third-order valence-electron chi connectivity index (χ3n) is 2.43. The Bertz CT molecular complexity index is 550. The normalized spacial score (nSPS) is 11.0. The van der Waals surface area contributed by atoms with E-state index in [0.717, 1.165) is 6.07 Å². The molecule has 0 fully saturated rings. The van der Waals surface area contributed by atoms with Crippen LogP contribution in [-0.4, -0.2) is 18.1 Å². The number of rotatable bonds is 4. The van der Waals surface area contributed by atoms with E-state index >= 15 is 0 Å². The minimum atomic E-state index is -4.48. The van der Waals surface area contributed by atoms with Crippen LogP contribution in [0, 0.1) is 11.3 Å². The topological polar surface area (TPSA) is 50.1 Å². The van der Waals surface area contributed by atoms with Gasteiger partial charge in [-0.2, -0.15) is 18.4 Å². The Balaban J connectivity index is 3.31. The first kappa shape index (κ1) is 16.4. The van der Waals surface area contributed by atoms with Gasteiger partial charge in [0.1, 0.15) is 6.07 Å². The van der Waals surface area contributed by atoms with Crippen LogP contribution in [0.3, 0.4) is 0 Å². The van der Waals surface area contributed by atoms with Crippen molar-refractivity contribution >= 4 is 17.7 Å². The van der Waals surface area contributed by atoms with E-state index in [4.69, 9.17) is 10.00 Å². The lowest BCUT2D eigenvalue weighted by atomic mass is 10.0. The minimum absolute atomic E-state index is 0.137. The van der Waals surface area contributed by atoms with Crippen LogP contribution in [0.25, 0.3) is 0 Å². The highest BCUT2D eigenvalue weighted by Gasteiger charge is 2.31. The molecule has 0 bridgehead atoms. The molecule has 0 heterocycles. The number of benzene rings is 1. The predicted octanol–water partition coefficient (Wildman–Crippen LogP) is 3.91. The number of esters is 1. The Morgan fingerprint density at radius 1 is 1.40 bits per heavy atom. The molecule has 0 spiro atoms. The van der Waals surface area contributed by atoms with Gasteiger partial charge in [0.05, 0.1) is 17.7 Å². The Kier molecular flexibility index (Phi) is 5.45. The van der Waals surface area contributed by atoms with Crippen LogP contribution < -0.4 is 0 Å². The van der Waals surface area contributed by atoms with Crippen molar-refractivity contribution in [3.05, 3.63) is 28.8 Å². The number of halogens is 3. The highest BCUT2D eigenvalue weighted by atomic mass is 32.2. The third-order valence-corrected chi connectivity index (χ3v) is 3.22. The van der Waals surface area contributed by atoms with Crippen molar-refractivity contribution in [2.24, 2.45) is 0 Å². The molecular weight excluding hydrogens is 291 g/mol. The van der Waals surface area contributed by atoms with E-state index < -0.39 is 11.5 Å². The molecule has 1 rings (SSSR count). The van der Waals surface area contributed by atoms with Crippen molar-refractivity contribution in [1.82, 2.24) is 0 Å². The Hall–Kier alpha value is -1.68. The van der Waals surface area contributed by atoms with Gasteiger partial charge in [-0.3, -0.25) is 0 Å². The summed E-state index contributed by atoms with van der Waals surface area (Å²) in [4.78, 5) is 11.5. The fourth-order valence-electron chi connectivity index (χ4n) is 1.61. The van der Waals surface area contributed by atoms with Gasteiger partial charge < -0.3 is 4.74 Å². The Labute approximate surface area is 118 Å². The van der Waals surface area contributed by atoms with E-state index in [1.54, 1.807) is 19.9 Å². The minimum Gasteiger partial charge on any atom is -0.462 e. The zero-order chi connectivity index (χ0) is 15.3. The standard InChI is InChI=1S/C13H12F3NO2S/c1-3-8-6-11(20-13(14,15)16)9(7-17)5-10(8)12(18)19-4-2/h5-6H,3-4H2,1-2H3. The molecule has 0 aromatic heterocycles. The maximum absolute atomic E-state index is 12.4. The van der Waals surface area contributed by atoms with Crippen LogP contribution in [0.15, 0.2) is 17.0 Å². The molecule has 20 heavy (non-hydrogen) atoms. The summed E-state index contributed by atoms with van der Waals surface area (Å²) in [5.74, 6) is -0.635. The molecule has 0 saturated carbocycles. The zero-order valence-corrected chi connectivity index (χ0v) is 11.7. The summed E-state index contributed by atoms with van der Waals surface area (Å²) in [6.45, 7) is 3.50. The van der Waals surface area contributed by atoms with Crippen molar-refractivity contribution in [2.75, 3.05) is 6.61 Å². The maximum Gasteiger partial charge on any atom is 0.446 e. The molecule has 0 N–H and O–H groups in total. The van der Waals surface area contributed by atoms with E-state index in [2.05, 4.69) is 0 Å².